The topological polar surface area (TPSA) is 44.8 Å². The van der Waals surface area contributed by atoms with E-state index in [2.05, 4.69) is 66.9 Å². The van der Waals surface area contributed by atoms with Crippen LogP contribution in [0.2, 0.25) is 0 Å². The van der Waals surface area contributed by atoms with Gasteiger partial charge in [-0.2, -0.15) is 10.0 Å². The molecule has 0 fully saturated rings. The Morgan fingerprint density at radius 2 is 1.23 bits per heavy atom. The number of rotatable bonds is 7. The average Bonchev–Trinajstić information content (AvgIpc) is 2.76. The minimum absolute atomic E-state index is 0.133. The molecule has 0 atom stereocenters. The summed E-state index contributed by atoms with van der Waals surface area (Å²) in [7, 11) is -1.39. The van der Waals surface area contributed by atoms with E-state index in [0.717, 1.165) is 5.75 Å². The average molecular weight is 439 g/mol. The van der Waals surface area contributed by atoms with Crippen LogP contribution in [0.25, 0.3) is 0 Å². The van der Waals surface area contributed by atoms with Crippen molar-refractivity contribution in [2.24, 2.45) is 0 Å². The highest BCUT2D eigenvalue weighted by atomic mass is 32.3. The normalized spacial score (nSPS) is 12.1. The molecule has 5 heteroatoms. The first kappa shape index (κ1) is 22.8. The molecular weight excluding hydrogens is 408 g/mol. The summed E-state index contributed by atoms with van der Waals surface area (Å²) >= 11 is 0. The lowest BCUT2D eigenvalue weighted by Crippen LogP contribution is -2.25. The third kappa shape index (κ3) is 6.05. The summed E-state index contributed by atoms with van der Waals surface area (Å²) in [6, 6.07) is 29.4. The second-order valence-corrected chi connectivity index (χ2v) is 11.4. The molecule has 31 heavy (non-hydrogen) atoms. The summed E-state index contributed by atoms with van der Waals surface area (Å²) < 4.78 is 15.9. The van der Waals surface area contributed by atoms with E-state index in [4.69, 9.17) is 14.2 Å². The molecule has 0 radical (unpaired) electrons. The van der Waals surface area contributed by atoms with Crippen molar-refractivity contribution in [2.45, 2.75) is 41.1 Å². The molecule has 0 saturated heterocycles. The summed E-state index contributed by atoms with van der Waals surface area (Å²) in [5.74, 6) is 0.736. The third-order valence-electron chi connectivity index (χ3n) is 4.69. The van der Waals surface area contributed by atoms with Gasteiger partial charge in [-0.15, -0.1) is 0 Å². The summed E-state index contributed by atoms with van der Waals surface area (Å²) in [4.78, 5) is 15.5. The zero-order valence-corrected chi connectivity index (χ0v) is 19.4. The van der Waals surface area contributed by atoms with Gasteiger partial charge < -0.3 is 14.2 Å². The van der Waals surface area contributed by atoms with Crippen LogP contribution in [0.1, 0.15) is 20.8 Å². The third-order valence-corrected chi connectivity index (χ3v) is 8.33. The highest BCUT2D eigenvalue weighted by Gasteiger charge is 2.25. The minimum atomic E-state index is -1.39. The van der Waals surface area contributed by atoms with Crippen LogP contribution in [-0.4, -0.2) is 31.2 Å². The molecule has 0 heterocycles. The van der Waals surface area contributed by atoms with E-state index in [9.17, 15) is 4.79 Å². The highest BCUT2D eigenvalue weighted by molar-refractivity contribution is 8.33. The monoisotopic (exact) mass is 438 g/mol. The molecule has 3 rings (SSSR count). The molecule has 0 saturated carbocycles. The maximum atomic E-state index is 11.6. The molecule has 0 bridgehead atoms. The van der Waals surface area contributed by atoms with E-state index in [1.807, 2.05) is 24.3 Å². The Bertz CT molecular complexity index is 924. The number of carbonyl (C=O) groups excluding carboxylic acids is 1. The Balaban J connectivity index is 1.69. The van der Waals surface area contributed by atoms with E-state index in [1.54, 1.807) is 20.8 Å². The predicted octanol–water partition coefficient (Wildman–Crippen LogP) is 6.93. The summed E-state index contributed by atoms with van der Waals surface area (Å²) in [5, 5.41) is 0. The molecule has 0 aromatic heterocycles. The van der Waals surface area contributed by atoms with Crippen molar-refractivity contribution < 1.29 is 19.0 Å². The minimum Gasteiger partial charge on any atom is -0.490 e. The number of carbonyl (C=O) groups is 1. The zero-order valence-electron chi connectivity index (χ0n) is 18.5. The van der Waals surface area contributed by atoms with Gasteiger partial charge in [0.2, 0.25) is 0 Å². The number of ether oxygens (including phenoxy) is 3. The molecule has 0 N–H and O–H groups in total. The first-order valence-electron chi connectivity index (χ1n) is 10.3. The first-order valence-corrected chi connectivity index (χ1v) is 12.3. The van der Waals surface area contributed by atoms with Crippen molar-refractivity contribution in [3.8, 4) is 5.75 Å². The van der Waals surface area contributed by atoms with Crippen molar-refractivity contribution in [3.63, 3.8) is 0 Å². The van der Waals surface area contributed by atoms with E-state index >= 15 is 0 Å². The SMILES string of the molecule is CC(C)(C)OC(=O)OCCOc1ccc(S(C)(c2ccccc2)c2ccccc2)cc1. The van der Waals surface area contributed by atoms with Gasteiger partial charge in [-0.05, 0) is 90.2 Å². The lowest BCUT2D eigenvalue weighted by atomic mass is 10.2. The van der Waals surface area contributed by atoms with E-state index in [-0.39, 0.29) is 13.2 Å². The van der Waals surface area contributed by atoms with Crippen LogP contribution in [0.3, 0.4) is 0 Å². The second kappa shape index (κ2) is 9.92. The van der Waals surface area contributed by atoms with Gasteiger partial charge in [-0.3, -0.25) is 0 Å². The Morgan fingerprint density at radius 3 is 1.71 bits per heavy atom. The van der Waals surface area contributed by atoms with Gasteiger partial charge in [0.05, 0.1) is 0 Å². The van der Waals surface area contributed by atoms with E-state index in [1.165, 1.54) is 14.7 Å². The fourth-order valence-electron chi connectivity index (χ4n) is 3.17. The number of hydrogen-bond acceptors (Lipinski definition) is 4. The molecule has 3 aromatic carbocycles. The van der Waals surface area contributed by atoms with Crippen LogP contribution in [0.15, 0.2) is 99.6 Å². The predicted molar refractivity (Wildman–Crippen MR) is 125 cm³/mol. The number of hydrogen-bond donors (Lipinski definition) is 0. The van der Waals surface area contributed by atoms with Crippen LogP contribution in [0.5, 0.6) is 5.75 Å². The van der Waals surface area contributed by atoms with Crippen molar-refractivity contribution in [1.82, 2.24) is 0 Å². The molecular formula is C26H30O4S. The maximum Gasteiger partial charge on any atom is 0.508 e. The Morgan fingerprint density at radius 1 is 0.742 bits per heavy atom. The zero-order chi connectivity index (χ0) is 22.3. The molecule has 0 spiro atoms. The molecule has 164 valence electrons. The van der Waals surface area contributed by atoms with Crippen molar-refractivity contribution in [3.05, 3.63) is 84.9 Å². The molecule has 0 aliphatic carbocycles. The summed E-state index contributed by atoms with van der Waals surface area (Å²) in [6.07, 6.45) is 1.64. The first-order chi connectivity index (χ1) is 14.8. The van der Waals surface area contributed by atoms with Gasteiger partial charge in [0.15, 0.2) is 0 Å². The smallest absolute Gasteiger partial charge is 0.490 e. The van der Waals surface area contributed by atoms with Crippen LogP contribution >= 0.6 is 10.0 Å². The van der Waals surface area contributed by atoms with Crippen LogP contribution in [-0.2, 0) is 9.47 Å². The molecule has 0 unspecified atom stereocenters. The highest BCUT2D eigenvalue weighted by Crippen LogP contribution is 2.65. The van der Waals surface area contributed by atoms with Crippen molar-refractivity contribution >= 4 is 16.2 Å². The number of benzene rings is 3. The van der Waals surface area contributed by atoms with Crippen molar-refractivity contribution in [2.75, 3.05) is 19.5 Å². The van der Waals surface area contributed by atoms with Crippen LogP contribution < -0.4 is 4.74 Å². The molecule has 0 aliphatic heterocycles. The van der Waals surface area contributed by atoms with Gasteiger partial charge in [0.25, 0.3) is 0 Å². The Kier molecular flexibility index (Phi) is 7.29. The summed E-state index contributed by atoms with van der Waals surface area (Å²) in [5.41, 5.74) is -0.569. The lowest BCUT2D eigenvalue weighted by Gasteiger charge is -2.37. The maximum absolute atomic E-state index is 11.6. The van der Waals surface area contributed by atoms with Gasteiger partial charge in [0.1, 0.15) is 24.6 Å². The van der Waals surface area contributed by atoms with Crippen LogP contribution in [0, 0.1) is 0 Å². The Hall–Kier alpha value is -2.92. The lowest BCUT2D eigenvalue weighted by molar-refractivity contribution is -0.0113. The van der Waals surface area contributed by atoms with Gasteiger partial charge in [0, 0.05) is 0 Å². The van der Waals surface area contributed by atoms with Gasteiger partial charge in [-0.1, -0.05) is 36.4 Å². The van der Waals surface area contributed by atoms with Gasteiger partial charge in [-0.25, -0.2) is 4.79 Å². The summed E-state index contributed by atoms with van der Waals surface area (Å²) in [6.45, 7) is 5.79. The molecule has 4 nitrogen and oxygen atoms in total. The fourth-order valence-corrected chi connectivity index (χ4v) is 6.07. The largest absolute Gasteiger partial charge is 0.508 e. The quantitative estimate of drug-likeness (QED) is 0.296. The second-order valence-electron chi connectivity index (χ2n) is 8.18. The molecule has 3 aromatic rings. The molecule has 0 aliphatic rings. The van der Waals surface area contributed by atoms with E-state index < -0.39 is 21.8 Å². The standard InChI is InChI=1S/C26H30O4S/c1-26(2,3)30-25(27)29-20-19-28-21-15-17-24(18-16-21)31(4,22-11-7-5-8-12-22)23-13-9-6-10-14-23/h5-18H,19-20H2,1-4H3. The van der Waals surface area contributed by atoms with Crippen molar-refractivity contribution in [1.29, 1.82) is 0 Å². The van der Waals surface area contributed by atoms with Crippen LogP contribution in [0.4, 0.5) is 4.79 Å². The van der Waals surface area contributed by atoms with E-state index in [0.29, 0.717) is 0 Å². The molecule has 0 amide bonds. The fraction of sp³-hybridized carbons (Fsp3) is 0.269. The van der Waals surface area contributed by atoms with Gasteiger partial charge >= 0.3 is 6.16 Å². The Labute approximate surface area is 186 Å².